The van der Waals surface area contributed by atoms with Crippen LogP contribution >= 0.6 is 0 Å². The van der Waals surface area contributed by atoms with Crippen molar-refractivity contribution in [3.63, 3.8) is 0 Å². The molecule has 1 unspecified atom stereocenters. The van der Waals surface area contributed by atoms with E-state index in [0.717, 1.165) is 6.42 Å². The molecule has 0 heterocycles. The van der Waals surface area contributed by atoms with Crippen molar-refractivity contribution in [1.82, 2.24) is 10.2 Å². The monoisotopic (exact) mass is 262 g/mol. The van der Waals surface area contributed by atoms with E-state index < -0.39 is 0 Å². The number of rotatable bonds is 5. The summed E-state index contributed by atoms with van der Waals surface area (Å²) >= 11 is 0. The van der Waals surface area contributed by atoms with Crippen molar-refractivity contribution in [3.8, 4) is 5.75 Å². The number of nitrogens with one attached hydrogen (secondary N) is 1. The molecular formula is C16H26N2O. The van der Waals surface area contributed by atoms with E-state index in [2.05, 4.69) is 31.4 Å². The van der Waals surface area contributed by atoms with Crippen molar-refractivity contribution >= 4 is 0 Å². The predicted octanol–water partition coefficient (Wildman–Crippen LogP) is 2.40. The van der Waals surface area contributed by atoms with E-state index in [9.17, 15) is 5.11 Å². The van der Waals surface area contributed by atoms with Crippen LogP contribution in [0.3, 0.4) is 0 Å². The molecule has 0 amide bonds. The molecule has 3 nitrogen and oxygen atoms in total. The third-order valence-corrected chi connectivity index (χ3v) is 4.73. The second-order valence-electron chi connectivity index (χ2n) is 5.92. The van der Waals surface area contributed by atoms with Crippen LogP contribution in [0.2, 0.25) is 0 Å². The van der Waals surface area contributed by atoms with Gasteiger partial charge < -0.3 is 15.3 Å². The zero-order valence-electron chi connectivity index (χ0n) is 12.3. The smallest absolute Gasteiger partial charge is 0.115 e. The number of nitrogens with zero attached hydrogens (tertiary/aromatic N) is 1. The van der Waals surface area contributed by atoms with Crippen molar-refractivity contribution in [3.05, 3.63) is 29.8 Å². The molecule has 1 aromatic rings. The maximum absolute atomic E-state index is 9.37. The maximum Gasteiger partial charge on any atom is 0.115 e. The number of aromatic hydroxyl groups is 1. The first-order chi connectivity index (χ1) is 9.08. The van der Waals surface area contributed by atoms with Gasteiger partial charge in [-0.3, -0.25) is 0 Å². The minimum absolute atomic E-state index is 0.270. The molecule has 0 bridgehead atoms. The van der Waals surface area contributed by atoms with Crippen LogP contribution in [0.4, 0.5) is 0 Å². The van der Waals surface area contributed by atoms with Gasteiger partial charge in [0.15, 0.2) is 0 Å². The highest BCUT2D eigenvalue weighted by Crippen LogP contribution is 2.37. The zero-order chi connectivity index (χ0) is 13.9. The van der Waals surface area contributed by atoms with Gasteiger partial charge in [0.25, 0.3) is 0 Å². The van der Waals surface area contributed by atoms with E-state index in [1.165, 1.54) is 31.2 Å². The first-order valence-electron chi connectivity index (χ1n) is 7.21. The molecule has 1 fully saturated rings. The fraction of sp³-hybridized carbons (Fsp3) is 0.625. The van der Waals surface area contributed by atoms with Gasteiger partial charge in [-0.05, 0) is 58.1 Å². The van der Waals surface area contributed by atoms with E-state index >= 15 is 0 Å². The van der Waals surface area contributed by atoms with Crippen molar-refractivity contribution in [1.29, 1.82) is 0 Å². The normalized spacial score (nSPS) is 19.8. The Bertz CT molecular complexity index is 394. The van der Waals surface area contributed by atoms with Crippen molar-refractivity contribution in [2.45, 2.75) is 43.7 Å². The van der Waals surface area contributed by atoms with Gasteiger partial charge in [0.2, 0.25) is 0 Å². The predicted molar refractivity (Wildman–Crippen MR) is 79.5 cm³/mol. The highest BCUT2D eigenvalue weighted by atomic mass is 16.3. The average molecular weight is 262 g/mol. The number of likely N-dealkylation sites (N-methyl/N-ethyl adjacent to an activating group) is 2. The van der Waals surface area contributed by atoms with Gasteiger partial charge in [0.1, 0.15) is 5.75 Å². The third-order valence-electron chi connectivity index (χ3n) is 4.73. The number of phenolic OH excluding ortho intramolecular Hbond substituents is 1. The average Bonchev–Trinajstić information content (AvgIpc) is 2.88. The molecule has 0 aromatic heterocycles. The second kappa shape index (κ2) is 5.93. The Morgan fingerprint density at radius 3 is 2.26 bits per heavy atom. The molecule has 0 saturated heterocycles. The van der Waals surface area contributed by atoms with Gasteiger partial charge >= 0.3 is 0 Å². The molecule has 1 aliphatic rings. The first-order valence-corrected chi connectivity index (χ1v) is 7.21. The summed E-state index contributed by atoms with van der Waals surface area (Å²) < 4.78 is 0. The fourth-order valence-corrected chi connectivity index (χ4v) is 3.52. The Balaban J connectivity index is 2.16. The van der Waals surface area contributed by atoms with Gasteiger partial charge in [-0.2, -0.15) is 0 Å². The molecular weight excluding hydrogens is 236 g/mol. The molecule has 19 heavy (non-hydrogen) atoms. The lowest BCUT2D eigenvalue weighted by atomic mass is 9.83. The van der Waals surface area contributed by atoms with Crippen LogP contribution in [-0.4, -0.2) is 42.7 Å². The second-order valence-corrected chi connectivity index (χ2v) is 5.92. The summed E-state index contributed by atoms with van der Waals surface area (Å²) in [5, 5.41) is 12.9. The lowest BCUT2D eigenvalue weighted by molar-refractivity contribution is 0.108. The Hall–Kier alpha value is -1.06. The van der Waals surface area contributed by atoms with Crippen molar-refractivity contribution in [2.75, 3.05) is 21.1 Å². The summed E-state index contributed by atoms with van der Waals surface area (Å²) in [5.74, 6) is 0.341. The van der Waals surface area contributed by atoms with Crippen LogP contribution in [0.25, 0.3) is 0 Å². The highest BCUT2D eigenvalue weighted by Gasteiger charge is 2.42. The lowest BCUT2D eigenvalue weighted by Crippen LogP contribution is -2.57. The van der Waals surface area contributed by atoms with E-state index in [-0.39, 0.29) is 5.54 Å². The van der Waals surface area contributed by atoms with Crippen molar-refractivity contribution < 1.29 is 5.11 Å². The molecule has 3 heteroatoms. The van der Waals surface area contributed by atoms with Gasteiger partial charge in [0.05, 0.1) is 0 Å². The maximum atomic E-state index is 9.37. The Kier molecular flexibility index (Phi) is 4.48. The van der Waals surface area contributed by atoms with Crippen molar-refractivity contribution in [2.24, 2.45) is 0 Å². The standard InChI is InChI=1S/C16H26N2O/c1-17-15(12-13-6-8-14(19)9-7-13)16(18(2)3)10-4-5-11-16/h6-9,15,17,19H,4-5,10-12H2,1-3H3. The summed E-state index contributed by atoms with van der Waals surface area (Å²) in [6.07, 6.45) is 6.19. The largest absolute Gasteiger partial charge is 0.508 e. The minimum Gasteiger partial charge on any atom is -0.508 e. The SMILES string of the molecule is CNC(Cc1ccc(O)cc1)C1(N(C)C)CCCC1. The Labute approximate surface area is 116 Å². The van der Waals surface area contributed by atoms with Gasteiger partial charge in [-0.15, -0.1) is 0 Å². The van der Waals surface area contributed by atoms with Crippen LogP contribution in [-0.2, 0) is 6.42 Å². The van der Waals surface area contributed by atoms with E-state index in [1.54, 1.807) is 12.1 Å². The molecule has 2 rings (SSSR count). The Morgan fingerprint density at radius 2 is 1.79 bits per heavy atom. The summed E-state index contributed by atoms with van der Waals surface area (Å²) in [6, 6.07) is 8.06. The topological polar surface area (TPSA) is 35.5 Å². The molecule has 1 aromatic carbocycles. The molecule has 0 radical (unpaired) electrons. The van der Waals surface area contributed by atoms with Gasteiger partial charge in [-0.25, -0.2) is 0 Å². The van der Waals surface area contributed by atoms with Crippen LogP contribution in [0.5, 0.6) is 5.75 Å². The Morgan fingerprint density at radius 1 is 1.21 bits per heavy atom. The number of benzene rings is 1. The zero-order valence-corrected chi connectivity index (χ0v) is 12.3. The first kappa shape index (κ1) is 14.4. The van der Waals surface area contributed by atoms with Gasteiger partial charge in [-0.1, -0.05) is 25.0 Å². The number of hydrogen-bond acceptors (Lipinski definition) is 3. The molecule has 0 spiro atoms. The number of hydrogen-bond donors (Lipinski definition) is 2. The van der Waals surface area contributed by atoms with Crippen LogP contribution in [0, 0.1) is 0 Å². The lowest BCUT2D eigenvalue weighted by Gasteiger charge is -2.43. The fourth-order valence-electron chi connectivity index (χ4n) is 3.52. The van der Waals surface area contributed by atoms with Crippen LogP contribution < -0.4 is 5.32 Å². The van der Waals surface area contributed by atoms with E-state index in [4.69, 9.17) is 0 Å². The quantitative estimate of drug-likeness (QED) is 0.855. The molecule has 1 saturated carbocycles. The molecule has 1 atom stereocenters. The highest BCUT2D eigenvalue weighted by molar-refractivity contribution is 5.27. The van der Waals surface area contributed by atoms with E-state index in [1.807, 2.05) is 12.1 Å². The number of phenols is 1. The van der Waals surface area contributed by atoms with Crippen LogP contribution in [0.15, 0.2) is 24.3 Å². The third kappa shape index (κ3) is 2.93. The van der Waals surface area contributed by atoms with Crippen LogP contribution in [0.1, 0.15) is 31.2 Å². The molecule has 1 aliphatic carbocycles. The molecule has 106 valence electrons. The summed E-state index contributed by atoms with van der Waals surface area (Å²) in [7, 11) is 6.47. The molecule has 0 aliphatic heterocycles. The summed E-state index contributed by atoms with van der Waals surface area (Å²) in [5.41, 5.74) is 1.55. The minimum atomic E-state index is 0.270. The molecule has 2 N–H and O–H groups in total. The summed E-state index contributed by atoms with van der Waals surface area (Å²) in [6.45, 7) is 0. The summed E-state index contributed by atoms with van der Waals surface area (Å²) in [4.78, 5) is 2.40. The van der Waals surface area contributed by atoms with Gasteiger partial charge in [0, 0.05) is 11.6 Å². The van der Waals surface area contributed by atoms with E-state index in [0.29, 0.717) is 11.8 Å².